The van der Waals surface area contributed by atoms with Gasteiger partial charge in [0.25, 0.3) is 5.56 Å². The minimum absolute atomic E-state index is 0.118. The van der Waals surface area contributed by atoms with Crippen molar-refractivity contribution in [3.63, 3.8) is 0 Å². The van der Waals surface area contributed by atoms with Gasteiger partial charge in [0.2, 0.25) is 0 Å². The average molecular weight is 242 g/mol. The monoisotopic (exact) mass is 242 g/mol. The van der Waals surface area contributed by atoms with E-state index in [0.717, 1.165) is 0 Å². The van der Waals surface area contributed by atoms with Crippen LogP contribution in [0.25, 0.3) is 0 Å². The molecule has 0 aromatic carbocycles. The van der Waals surface area contributed by atoms with Crippen molar-refractivity contribution in [3.05, 3.63) is 28.9 Å². The molecule has 0 aliphatic heterocycles. The molecule has 1 rings (SSSR count). The quantitative estimate of drug-likeness (QED) is 0.567. The maximum absolute atomic E-state index is 11.3. The third-order valence-corrected chi connectivity index (χ3v) is 2.08. The zero-order chi connectivity index (χ0) is 12.3. The molecule has 1 aromatic rings. The number of aromatic nitrogens is 2. The first-order valence-corrected chi connectivity index (χ1v) is 5.49. The second-order valence-corrected chi connectivity index (χ2v) is 3.33. The number of rotatable bonds is 9. The Morgan fingerprint density at radius 2 is 1.88 bits per heavy atom. The van der Waals surface area contributed by atoms with Crippen LogP contribution in [0.4, 0.5) is 0 Å². The maximum atomic E-state index is 11.3. The van der Waals surface area contributed by atoms with Gasteiger partial charge in [-0.3, -0.25) is 9.78 Å². The molecule has 0 aliphatic rings. The fourth-order valence-electron chi connectivity index (χ4n) is 1.19. The van der Waals surface area contributed by atoms with E-state index in [4.69, 9.17) is 14.2 Å². The van der Waals surface area contributed by atoms with Gasteiger partial charge in [-0.1, -0.05) is 0 Å². The van der Waals surface area contributed by atoms with Crippen LogP contribution in [0.2, 0.25) is 0 Å². The normalized spacial score (nSPS) is 10.6. The number of methoxy groups -OCH3 is 1. The number of hydrogen-bond donors (Lipinski definition) is 0. The van der Waals surface area contributed by atoms with Crippen LogP contribution >= 0.6 is 0 Å². The van der Waals surface area contributed by atoms with E-state index < -0.39 is 0 Å². The van der Waals surface area contributed by atoms with Crippen LogP contribution in [0.3, 0.4) is 0 Å². The summed E-state index contributed by atoms with van der Waals surface area (Å²) in [6, 6.07) is 0. The predicted molar refractivity (Wildman–Crippen MR) is 62.0 cm³/mol. The molecule has 0 spiro atoms. The molecular weight excluding hydrogens is 224 g/mol. The molecule has 96 valence electrons. The van der Waals surface area contributed by atoms with Gasteiger partial charge in [-0.2, -0.15) is 0 Å². The Kier molecular flexibility index (Phi) is 7.20. The molecule has 0 aliphatic carbocycles. The molecule has 0 radical (unpaired) electrons. The highest BCUT2D eigenvalue weighted by molar-refractivity contribution is 4.79. The van der Waals surface area contributed by atoms with E-state index in [1.54, 1.807) is 24.1 Å². The molecule has 0 amide bonds. The first kappa shape index (κ1) is 13.8. The van der Waals surface area contributed by atoms with E-state index in [0.29, 0.717) is 39.6 Å². The third kappa shape index (κ3) is 6.15. The van der Waals surface area contributed by atoms with Gasteiger partial charge in [-0.15, -0.1) is 0 Å². The number of hydrogen-bond acceptors (Lipinski definition) is 5. The Balaban J connectivity index is 2.01. The smallest absolute Gasteiger partial charge is 0.269 e. The van der Waals surface area contributed by atoms with Crippen molar-refractivity contribution in [2.45, 2.75) is 6.54 Å². The second kappa shape index (κ2) is 8.86. The lowest BCUT2D eigenvalue weighted by Crippen LogP contribution is -2.21. The molecule has 0 saturated heterocycles. The summed E-state index contributed by atoms with van der Waals surface area (Å²) in [6.45, 7) is 3.23. The third-order valence-electron chi connectivity index (χ3n) is 2.08. The van der Waals surface area contributed by atoms with Gasteiger partial charge >= 0.3 is 0 Å². The van der Waals surface area contributed by atoms with Gasteiger partial charge < -0.3 is 18.8 Å². The first-order chi connectivity index (χ1) is 8.34. The summed E-state index contributed by atoms with van der Waals surface area (Å²) in [5.41, 5.74) is -0.118. The zero-order valence-corrected chi connectivity index (χ0v) is 10.0. The van der Waals surface area contributed by atoms with Crippen LogP contribution in [0, 0.1) is 0 Å². The fourth-order valence-corrected chi connectivity index (χ4v) is 1.19. The molecule has 6 heteroatoms. The molecule has 0 saturated carbocycles. The summed E-state index contributed by atoms with van der Waals surface area (Å²) in [4.78, 5) is 15.0. The van der Waals surface area contributed by atoms with E-state index in [9.17, 15) is 4.79 Å². The summed E-state index contributed by atoms with van der Waals surface area (Å²) in [7, 11) is 1.63. The standard InChI is InChI=1S/C11H18N2O4/c1-15-6-7-17-9-8-16-5-4-13-3-2-12-10-11(13)14/h2-3,10H,4-9H2,1H3. The van der Waals surface area contributed by atoms with Crippen molar-refractivity contribution in [1.29, 1.82) is 0 Å². The van der Waals surface area contributed by atoms with Crippen LogP contribution in [-0.2, 0) is 20.8 Å². The lowest BCUT2D eigenvalue weighted by atomic mass is 10.6. The summed E-state index contributed by atoms with van der Waals surface area (Å²) < 4.78 is 16.9. The number of ether oxygens (including phenoxy) is 3. The highest BCUT2D eigenvalue weighted by atomic mass is 16.5. The minimum atomic E-state index is -0.118. The Hall–Kier alpha value is -1.24. The Morgan fingerprint density at radius 3 is 2.59 bits per heavy atom. The van der Waals surface area contributed by atoms with Crippen LogP contribution in [0.1, 0.15) is 0 Å². The van der Waals surface area contributed by atoms with Crippen molar-refractivity contribution < 1.29 is 14.2 Å². The van der Waals surface area contributed by atoms with Gasteiger partial charge in [0, 0.05) is 26.0 Å². The highest BCUT2D eigenvalue weighted by Crippen LogP contribution is 1.83. The van der Waals surface area contributed by atoms with Gasteiger partial charge in [0.05, 0.1) is 39.2 Å². The van der Waals surface area contributed by atoms with Crippen LogP contribution < -0.4 is 5.56 Å². The van der Waals surface area contributed by atoms with Crippen LogP contribution in [0.5, 0.6) is 0 Å². The van der Waals surface area contributed by atoms with Crippen LogP contribution in [0.15, 0.2) is 23.4 Å². The van der Waals surface area contributed by atoms with Crippen LogP contribution in [-0.4, -0.2) is 49.7 Å². The topological polar surface area (TPSA) is 62.6 Å². The van der Waals surface area contributed by atoms with E-state index in [1.807, 2.05) is 0 Å². The minimum Gasteiger partial charge on any atom is -0.382 e. The predicted octanol–water partition coefficient (Wildman–Crippen LogP) is -0.0771. The van der Waals surface area contributed by atoms with Gasteiger partial charge in [-0.25, -0.2) is 0 Å². The van der Waals surface area contributed by atoms with Crippen molar-refractivity contribution in [2.75, 3.05) is 40.1 Å². The summed E-state index contributed by atoms with van der Waals surface area (Å²) >= 11 is 0. The van der Waals surface area contributed by atoms with E-state index >= 15 is 0 Å². The molecule has 0 bridgehead atoms. The van der Waals surface area contributed by atoms with Crippen molar-refractivity contribution in [3.8, 4) is 0 Å². The Bertz CT molecular complexity index is 353. The average Bonchev–Trinajstić information content (AvgIpc) is 2.35. The lowest BCUT2D eigenvalue weighted by molar-refractivity contribution is 0.0229. The molecule has 1 aromatic heterocycles. The molecular formula is C11H18N2O4. The molecule has 0 fully saturated rings. The molecule has 0 N–H and O–H groups in total. The SMILES string of the molecule is COCCOCCOCCn1ccncc1=O. The van der Waals surface area contributed by atoms with Crippen molar-refractivity contribution in [1.82, 2.24) is 9.55 Å². The summed E-state index contributed by atoms with van der Waals surface area (Å²) in [5.74, 6) is 0. The first-order valence-electron chi connectivity index (χ1n) is 5.49. The fraction of sp³-hybridized carbons (Fsp3) is 0.636. The largest absolute Gasteiger partial charge is 0.382 e. The maximum Gasteiger partial charge on any atom is 0.269 e. The zero-order valence-electron chi connectivity index (χ0n) is 10.0. The summed E-state index contributed by atoms with van der Waals surface area (Å²) in [6.07, 6.45) is 4.50. The molecule has 6 nitrogen and oxygen atoms in total. The second-order valence-electron chi connectivity index (χ2n) is 3.33. The van der Waals surface area contributed by atoms with E-state index in [2.05, 4.69) is 4.98 Å². The summed E-state index contributed by atoms with van der Waals surface area (Å²) in [5, 5.41) is 0. The van der Waals surface area contributed by atoms with Gasteiger partial charge in [0.1, 0.15) is 0 Å². The van der Waals surface area contributed by atoms with E-state index in [-0.39, 0.29) is 5.56 Å². The van der Waals surface area contributed by atoms with Crippen molar-refractivity contribution >= 4 is 0 Å². The number of nitrogens with zero attached hydrogens (tertiary/aromatic N) is 2. The highest BCUT2D eigenvalue weighted by Gasteiger charge is 1.94. The molecule has 1 heterocycles. The van der Waals surface area contributed by atoms with E-state index in [1.165, 1.54) is 6.20 Å². The van der Waals surface area contributed by atoms with Crippen molar-refractivity contribution in [2.24, 2.45) is 0 Å². The molecule has 17 heavy (non-hydrogen) atoms. The van der Waals surface area contributed by atoms with Gasteiger partial charge in [-0.05, 0) is 0 Å². The molecule has 0 atom stereocenters. The van der Waals surface area contributed by atoms with Gasteiger partial charge in [0.15, 0.2) is 0 Å². The molecule has 0 unspecified atom stereocenters. The Morgan fingerprint density at radius 1 is 1.18 bits per heavy atom. The Labute approximate surface area is 100 Å². The lowest BCUT2D eigenvalue weighted by Gasteiger charge is -2.06.